The van der Waals surface area contributed by atoms with E-state index in [1.54, 1.807) is 16.8 Å². The third-order valence-electron chi connectivity index (χ3n) is 2.59. The first-order valence-corrected chi connectivity index (χ1v) is 6.75. The number of carboxylic acid groups (broad SMARTS) is 1. The van der Waals surface area contributed by atoms with Crippen LogP contribution in [0.2, 0.25) is 0 Å². The Hall–Kier alpha value is -2.15. The molecule has 0 aliphatic rings. The minimum atomic E-state index is -1.08. The van der Waals surface area contributed by atoms with E-state index in [0.29, 0.717) is 0 Å². The summed E-state index contributed by atoms with van der Waals surface area (Å²) in [5.41, 5.74) is -0.201. The van der Waals surface area contributed by atoms with Crippen LogP contribution >= 0.6 is 11.8 Å². The highest BCUT2D eigenvalue weighted by Crippen LogP contribution is 2.24. The lowest BCUT2D eigenvalue weighted by Crippen LogP contribution is -2.23. The smallest absolute Gasteiger partial charge is 0.338 e. The molecular formula is C13H13N3O3S. The molecule has 0 aromatic carbocycles. The SMILES string of the molecule is CC(C)n1ccnc(Sc2ncccc2C(=O)O)c1=O. The maximum atomic E-state index is 12.2. The molecule has 2 aromatic rings. The van der Waals surface area contributed by atoms with E-state index in [-0.39, 0.29) is 27.2 Å². The van der Waals surface area contributed by atoms with E-state index in [2.05, 4.69) is 9.97 Å². The van der Waals surface area contributed by atoms with Gasteiger partial charge in [-0.1, -0.05) is 0 Å². The summed E-state index contributed by atoms with van der Waals surface area (Å²) < 4.78 is 1.54. The Morgan fingerprint density at radius 1 is 1.30 bits per heavy atom. The van der Waals surface area contributed by atoms with E-state index in [4.69, 9.17) is 5.11 Å². The fourth-order valence-corrected chi connectivity index (χ4v) is 2.48. The van der Waals surface area contributed by atoms with Crippen LogP contribution in [0.1, 0.15) is 30.2 Å². The molecule has 0 spiro atoms. The molecule has 2 rings (SSSR count). The average molecular weight is 291 g/mol. The second-order valence-electron chi connectivity index (χ2n) is 4.30. The van der Waals surface area contributed by atoms with Crippen LogP contribution in [-0.2, 0) is 0 Å². The lowest BCUT2D eigenvalue weighted by Gasteiger charge is -2.10. The van der Waals surface area contributed by atoms with Crippen molar-refractivity contribution in [2.45, 2.75) is 29.9 Å². The molecule has 104 valence electrons. The monoisotopic (exact) mass is 291 g/mol. The zero-order valence-electron chi connectivity index (χ0n) is 11.0. The van der Waals surface area contributed by atoms with Crippen LogP contribution in [0.25, 0.3) is 0 Å². The van der Waals surface area contributed by atoms with Crippen molar-refractivity contribution in [1.29, 1.82) is 0 Å². The normalized spacial score (nSPS) is 10.8. The van der Waals surface area contributed by atoms with E-state index in [1.165, 1.54) is 18.5 Å². The van der Waals surface area contributed by atoms with E-state index in [0.717, 1.165) is 11.8 Å². The zero-order valence-corrected chi connectivity index (χ0v) is 11.8. The molecule has 0 fully saturated rings. The maximum Gasteiger partial charge on any atom is 0.338 e. The number of rotatable bonds is 4. The summed E-state index contributed by atoms with van der Waals surface area (Å²) in [5.74, 6) is -1.08. The molecule has 1 N–H and O–H groups in total. The first-order chi connectivity index (χ1) is 9.50. The third-order valence-corrected chi connectivity index (χ3v) is 3.58. The highest BCUT2D eigenvalue weighted by Gasteiger charge is 2.15. The molecule has 0 aliphatic heterocycles. The topological polar surface area (TPSA) is 85.1 Å². The van der Waals surface area contributed by atoms with E-state index < -0.39 is 5.97 Å². The quantitative estimate of drug-likeness (QED) is 0.928. The van der Waals surface area contributed by atoms with Gasteiger partial charge in [-0.05, 0) is 37.7 Å². The summed E-state index contributed by atoms with van der Waals surface area (Å²) in [4.78, 5) is 31.3. The number of aromatic carboxylic acids is 1. The zero-order chi connectivity index (χ0) is 14.7. The largest absolute Gasteiger partial charge is 0.478 e. The minimum absolute atomic E-state index is 0.00697. The number of pyridine rings is 1. The van der Waals surface area contributed by atoms with Gasteiger partial charge in [-0.2, -0.15) is 0 Å². The lowest BCUT2D eigenvalue weighted by atomic mass is 10.3. The Bertz CT molecular complexity index is 697. The number of aromatic nitrogens is 3. The fraction of sp³-hybridized carbons (Fsp3) is 0.231. The summed E-state index contributed by atoms with van der Waals surface area (Å²) in [6.07, 6.45) is 4.61. The van der Waals surface area contributed by atoms with Gasteiger partial charge >= 0.3 is 5.97 Å². The Morgan fingerprint density at radius 3 is 2.65 bits per heavy atom. The second-order valence-corrected chi connectivity index (χ2v) is 5.28. The van der Waals surface area contributed by atoms with E-state index in [9.17, 15) is 9.59 Å². The molecule has 6 nitrogen and oxygen atoms in total. The Labute approximate surface area is 119 Å². The van der Waals surface area contributed by atoms with Crippen molar-refractivity contribution in [2.24, 2.45) is 0 Å². The minimum Gasteiger partial charge on any atom is -0.478 e. The highest BCUT2D eigenvalue weighted by molar-refractivity contribution is 7.99. The van der Waals surface area contributed by atoms with Crippen molar-refractivity contribution in [3.8, 4) is 0 Å². The van der Waals surface area contributed by atoms with Gasteiger partial charge in [0.25, 0.3) is 5.56 Å². The van der Waals surface area contributed by atoms with Gasteiger partial charge in [-0.15, -0.1) is 0 Å². The first kappa shape index (κ1) is 14.3. The standard InChI is InChI=1S/C13H13N3O3S/c1-8(2)16-7-6-15-11(12(16)17)20-10-9(13(18)19)4-3-5-14-10/h3-8H,1-2H3,(H,18,19). The Morgan fingerprint density at radius 2 is 2.00 bits per heavy atom. The van der Waals surface area contributed by atoms with E-state index in [1.807, 2.05) is 13.8 Å². The molecule has 0 unspecified atom stereocenters. The molecule has 0 bridgehead atoms. The molecule has 0 saturated carbocycles. The summed E-state index contributed by atoms with van der Waals surface area (Å²) in [7, 11) is 0. The predicted molar refractivity (Wildman–Crippen MR) is 74.2 cm³/mol. The lowest BCUT2D eigenvalue weighted by molar-refractivity contribution is 0.0692. The molecule has 20 heavy (non-hydrogen) atoms. The van der Waals surface area contributed by atoms with Gasteiger partial charge in [0.2, 0.25) is 0 Å². The molecule has 0 radical (unpaired) electrons. The number of carboxylic acids is 1. The Balaban J connectivity index is 2.44. The maximum absolute atomic E-state index is 12.2. The van der Waals surface area contributed by atoms with Crippen molar-refractivity contribution in [2.75, 3.05) is 0 Å². The van der Waals surface area contributed by atoms with Crippen LogP contribution in [0.5, 0.6) is 0 Å². The van der Waals surface area contributed by atoms with Gasteiger partial charge in [-0.25, -0.2) is 14.8 Å². The van der Waals surface area contributed by atoms with Gasteiger partial charge < -0.3 is 9.67 Å². The van der Waals surface area contributed by atoms with Gasteiger partial charge in [0.15, 0.2) is 5.03 Å². The summed E-state index contributed by atoms with van der Waals surface area (Å²) in [6.45, 7) is 3.78. The van der Waals surface area contributed by atoms with Crippen molar-refractivity contribution in [3.05, 3.63) is 46.6 Å². The molecule has 0 aliphatic carbocycles. The number of nitrogens with zero attached hydrogens (tertiary/aromatic N) is 3. The van der Waals surface area contributed by atoms with Crippen molar-refractivity contribution in [3.63, 3.8) is 0 Å². The van der Waals surface area contributed by atoms with Crippen LogP contribution in [0.15, 0.2) is 45.6 Å². The first-order valence-electron chi connectivity index (χ1n) is 5.94. The molecule has 7 heteroatoms. The highest BCUT2D eigenvalue weighted by atomic mass is 32.2. The van der Waals surface area contributed by atoms with Crippen LogP contribution < -0.4 is 5.56 Å². The number of hydrogen-bond acceptors (Lipinski definition) is 5. The molecule has 0 saturated heterocycles. The van der Waals surface area contributed by atoms with Gasteiger partial charge in [0.1, 0.15) is 5.03 Å². The third kappa shape index (κ3) is 2.88. The number of hydrogen-bond donors (Lipinski definition) is 1. The van der Waals surface area contributed by atoms with Crippen molar-refractivity contribution in [1.82, 2.24) is 14.5 Å². The molecular weight excluding hydrogens is 278 g/mol. The fourth-order valence-electron chi connectivity index (χ4n) is 1.61. The second kappa shape index (κ2) is 5.87. The van der Waals surface area contributed by atoms with E-state index >= 15 is 0 Å². The van der Waals surface area contributed by atoms with Crippen LogP contribution in [0, 0.1) is 0 Å². The van der Waals surface area contributed by atoms with Crippen LogP contribution in [0.3, 0.4) is 0 Å². The van der Waals surface area contributed by atoms with Crippen LogP contribution in [0.4, 0.5) is 0 Å². The molecule has 2 aromatic heterocycles. The summed E-state index contributed by atoms with van der Waals surface area (Å²) in [6, 6.07) is 2.99. The molecule has 0 amide bonds. The predicted octanol–water partition coefficient (Wildman–Crippen LogP) is 2.07. The number of carbonyl (C=O) groups is 1. The molecule has 0 atom stereocenters. The van der Waals surface area contributed by atoms with Crippen molar-refractivity contribution < 1.29 is 9.90 Å². The molecule has 2 heterocycles. The van der Waals surface area contributed by atoms with Crippen molar-refractivity contribution >= 4 is 17.7 Å². The summed E-state index contributed by atoms with van der Waals surface area (Å²) >= 11 is 0.964. The van der Waals surface area contributed by atoms with Crippen LogP contribution in [-0.4, -0.2) is 25.6 Å². The van der Waals surface area contributed by atoms with Gasteiger partial charge in [0.05, 0.1) is 5.56 Å². The average Bonchev–Trinajstić information content (AvgIpc) is 2.41. The van der Waals surface area contributed by atoms with Gasteiger partial charge in [0, 0.05) is 24.6 Å². The summed E-state index contributed by atoms with van der Waals surface area (Å²) in [5, 5.41) is 9.56. The van der Waals surface area contributed by atoms with Gasteiger partial charge in [-0.3, -0.25) is 4.79 Å². The Kier molecular flexibility index (Phi) is 4.19.